The summed E-state index contributed by atoms with van der Waals surface area (Å²) in [6, 6.07) is 9.83. The highest BCUT2D eigenvalue weighted by Gasteiger charge is 2.29. The molecule has 0 N–H and O–H groups in total. The van der Waals surface area contributed by atoms with Crippen LogP contribution in [0.4, 0.5) is 0 Å². The van der Waals surface area contributed by atoms with Crippen molar-refractivity contribution in [3.8, 4) is 11.4 Å². The van der Waals surface area contributed by atoms with Crippen LogP contribution < -0.4 is 0 Å². The predicted molar refractivity (Wildman–Crippen MR) is 144 cm³/mol. The lowest BCUT2D eigenvalue weighted by Gasteiger charge is -2.42. The summed E-state index contributed by atoms with van der Waals surface area (Å²) in [7, 11) is -3.22. The molecule has 36 heavy (non-hydrogen) atoms. The van der Waals surface area contributed by atoms with Gasteiger partial charge in [0.1, 0.15) is 0 Å². The van der Waals surface area contributed by atoms with Gasteiger partial charge in [0.15, 0.2) is 21.3 Å². The molecule has 0 bridgehead atoms. The van der Waals surface area contributed by atoms with Crippen LogP contribution in [0, 0.1) is 12.8 Å². The maximum atomic E-state index is 11.8. The molecule has 2 saturated heterocycles. The van der Waals surface area contributed by atoms with Gasteiger partial charge < -0.3 is 9.80 Å². The van der Waals surface area contributed by atoms with Gasteiger partial charge in [0.2, 0.25) is 0 Å². The minimum Gasteiger partial charge on any atom is -0.303 e. The van der Waals surface area contributed by atoms with E-state index in [9.17, 15) is 8.42 Å². The zero-order valence-corrected chi connectivity index (χ0v) is 22.8. The van der Waals surface area contributed by atoms with E-state index in [-0.39, 0.29) is 0 Å². The van der Waals surface area contributed by atoms with Gasteiger partial charge in [0.25, 0.3) is 0 Å². The van der Waals surface area contributed by atoms with E-state index >= 15 is 0 Å². The van der Waals surface area contributed by atoms with E-state index in [0.717, 1.165) is 28.7 Å². The van der Waals surface area contributed by atoms with Crippen LogP contribution in [-0.2, 0) is 9.84 Å². The standard InChI is InChI=1S/C28H39N5O2S/c1-20(2)18-31-13-11-25(12-14-31)32-15-9-22(10-16-32)24-17-21(3)28-29-27(30-33(28)19-24)23-5-7-26(8-6-23)36(4,34)35/h5-8,17,19-20,22,25H,9-16,18H2,1-4H3. The third kappa shape index (κ3) is 5.50. The molecule has 0 unspecified atom stereocenters. The van der Waals surface area contributed by atoms with E-state index in [4.69, 9.17) is 10.1 Å². The zero-order valence-electron chi connectivity index (χ0n) is 22.0. The molecule has 2 aliphatic rings. The number of hydrogen-bond acceptors (Lipinski definition) is 6. The lowest BCUT2D eigenvalue weighted by Crippen LogP contribution is -2.48. The average Bonchev–Trinajstić information content (AvgIpc) is 3.29. The van der Waals surface area contributed by atoms with Crippen LogP contribution in [0.2, 0.25) is 0 Å². The van der Waals surface area contributed by atoms with Crippen LogP contribution in [0.3, 0.4) is 0 Å². The fourth-order valence-electron chi connectivity index (χ4n) is 5.95. The Morgan fingerprint density at radius 1 is 1.00 bits per heavy atom. The molecule has 2 fully saturated rings. The number of aryl methyl sites for hydroxylation is 1. The molecule has 8 heteroatoms. The molecule has 7 nitrogen and oxygen atoms in total. The second-order valence-corrected chi connectivity index (χ2v) is 13.2. The number of rotatable bonds is 6. The van der Waals surface area contributed by atoms with Gasteiger partial charge in [-0.1, -0.05) is 19.9 Å². The molecule has 194 valence electrons. The first-order valence-electron chi connectivity index (χ1n) is 13.3. The summed E-state index contributed by atoms with van der Waals surface area (Å²) in [5.41, 5.74) is 4.14. The Hall–Kier alpha value is -2.29. The predicted octanol–water partition coefficient (Wildman–Crippen LogP) is 4.41. The highest BCUT2D eigenvalue weighted by Crippen LogP contribution is 2.32. The minimum absolute atomic E-state index is 0.306. The topological polar surface area (TPSA) is 70.8 Å². The molecule has 0 atom stereocenters. The average molecular weight is 510 g/mol. The smallest absolute Gasteiger partial charge is 0.182 e. The number of fused-ring (bicyclic) bond motifs is 1. The Balaban J connectivity index is 1.25. The number of nitrogens with zero attached hydrogens (tertiary/aromatic N) is 5. The maximum absolute atomic E-state index is 11.8. The van der Waals surface area contributed by atoms with Crippen molar-refractivity contribution in [1.29, 1.82) is 0 Å². The van der Waals surface area contributed by atoms with Crippen molar-refractivity contribution in [1.82, 2.24) is 24.4 Å². The molecule has 0 aliphatic carbocycles. The SMILES string of the molecule is Cc1cc(C2CCN(C3CCN(CC(C)C)CC3)CC2)cn2nc(-c3ccc(S(C)(=O)=O)cc3)nc12. The quantitative estimate of drug-likeness (QED) is 0.490. The van der Waals surface area contributed by atoms with Crippen molar-refractivity contribution < 1.29 is 8.42 Å². The van der Waals surface area contributed by atoms with E-state index in [1.54, 1.807) is 24.3 Å². The van der Waals surface area contributed by atoms with Crippen LogP contribution >= 0.6 is 0 Å². The van der Waals surface area contributed by atoms with Crippen LogP contribution in [0.5, 0.6) is 0 Å². The second-order valence-electron chi connectivity index (χ2n) is 11.2. The fourth-order valence-corrected chi connectivity index (χ4v) is 6.58. The number of aromatic nitrogens is 3. The fraction of sp³-hybridized carbons (Fsp3) is 0.571. The summed E-state index contributed by atoms with van der Waals surface area (Å²) >= 11 is 0. The van der Waals surface area contributed by atoms with Crippen molar-refractivity contribution in [2.45, 2.75) is 63.3 Å². The van der Waals surface area contributed by atoms with Gasteiger partial charge in [0.05, 0.1) is 4.90 Å². The molecule has 2 aliphatic heterocycles. The molecule has 0 radical (unpaired) electrons. The first-order chi connectivity index (χ1) is 17.2. The van der Waals surface area contributed by atoms with Crippen LogP contribution in [0.25, 0.3) is 17.0 Å². The van der Waals surface area contributed by atoms with E-state index in [1.165, 1.54) is 70.2 Å². The normalized spacial score (nSPS) is 19.5. The highest BCUT2D eigenvalue weighted by molar-refractivity contribution is 7.90. The number of pyridine rings is 1. The van der Waals surface area contributed by atoms with E-state index in [0.29, 0.717) is 16.6 Å². The Morgan fingerprint density at radius 3 is 2.28 bits per heavy atom. The number of benzene rings is 1. The Kier molecular flexibility index (Phi) is 7.21. The third-order valence-electron chi connectivity index (χ3n) is 7.88. The zero-order chi connectivity index (χ0) is 25.4. The van der Waals surface area contributed by atoms with Gasteiger partial charge in [-0.2, -0.15) is 0 Å². The van der Waals surface area contributed by atoms with E-state index in [2.05, 4.69) is 42.8 Å². The first-order valence-corrected chi connectivity index (χ1v) is 15.2. The number of sulfone groups is 1. The summed E-state index contributed by atoms with van der Waals surface area (Å²) in [4.78, 5) is 10.4. The first kappa shape index (κ1) is 25.4. The largest absolute Gasteiger partial charge is 0.303 e. The Bertz CT molecular complexity index is 1300. The lowest BCUT2D eigenvalue weighted by atomic mass is 9.88. The highest BCUT2D eigenvalue weighted by atomic mass is 32.2. The van der Waals surface area contributed by atoms with E-state index in [1.807, 2.05) is 4.52 Å². The summed E-state index contributed by atoms with van der Waals surface area (Å²) in [6.45, 7) is 12.8. The van der Waals surface area contributed by atoms with Gasteiger partial charge >= 0.3 is 0 Å². The molecule has 3 aromatic rings. The van der Waals surface area contributed by atoms with Crippen molar-refractivity contribution in [3.05, 3.63) is 47.7 Å². The van der Waals surface area contributed by atoms with Crippen molar-refractivity contribution in [3.63, 3.8) is 0 Å². The molecular weight excluding hydrogens is 470 g/mol. The van der Waals surface area contributed by atoms with Crippen molar-refractivity contribution in [2.24, 2.45) is 5.92 Å². The van der Waals surface area contributed by atoms with Gasteiger partial charge in [-0.15, -0.1) is 5.10 Å². The summed E-state index contributed by atoms with van der Waals surface area (Å²) in [6.07, 6.45) is 8.34. The van der Waals surface area contributed by atoms with Gasteiger partial charge in [-0.25, -0.2) is 17.9 Å². The molecule has 0 amide bonds. The molecule has 5 rings (SSSR count). The molecular formula is C28H39N5O2S. The Labute approximate surface area is 215 Å². The lowest BCUT2D eigenvalue weighted by molar-refractivity contribution is 0.0828. The number of likely N-dealkylation sites (tertiary alicyclic amines) is 2. The molecule has 1 aromatic carbocycles. The van der Waals surface area contributed by atoms with Crippen molar-refractivity contribution in [2.75, 3.05) is 39.0 Å². The van der Waals surface area contributed by atoms with E-state index < -0.39 is 9.84 Å². The molecule has 4 heterocycles. The van der Waals surface area contributed by atoms with Gasteiger partial charge in [0, 0.05) is 30.6 Å². The summed E-state index contributed by atoms with van der Waals surface area (Å²) in [5, 5.41) is 4.75. The summed E-state index contributed by atoms with van der Waals surface area (Å²) < 4.78 is 25.4. The monoisotopic (exact) mass is 509 g/mol. The summed E-state index contributed by atoms with van der Waals surface area (Å²) in [5.74, 6) is 1.92. The van der Waals surface area contributed by atoms with Crippen LogP contribution in [0.1, 0.15) is 56.6 Å². The number of piperidine rings is 2. The minimum atomic E-state index is -3.22. The maximum Gasteiger partial charge on any atom is 0.182 e. The molecule has 0 spiro atoms. The van der Waals surface area contributed by atoms with Crippen molar-refractivity contribution >= 4 is 15.5 Å². The van der Waals surface area contributed by atoms with Crippen LogP contribution in [-0.4, -0.2) is 77.8 Å². The van der Waals surface area contributed by atoms with Gasteiger partial charge in [-0.05, 0) is 106 Å². The Morgan fingerprint density at radius 2 is 1.67 bits per heavy atom. The molecule has 0 saturated carbocycles. The van der Waals surface area contributed by atoms with Crippen LogP contribution in [0.15, 0.2) is 41.4 Å². The van der Waals surface area contributed by atoms with Gasteiger partial charge in [-0.3, -0.25) is 0 Å². The third-order valence-corrected chi connectivity index (χ3v) is 9.01. The number of hydrogen-bond donors (Lipinski definition) is 0. The second kappa shape index (κ2) is 10.2. The molecule has 2 aromatic heterocycles.